The van der Waals surface area contributed by atoms with Gasteiger partial charge in [-0.3, -0.25) is 4.57 Å². The number of hydrogen-bond acceptors (Lipinski definition) is 1. The van der Waals surface area contributed by atoms with Gasteiger partial charge >= 0.3 is 0 Å². The van der Waals surface area contributed by atoms with Gasteiger partial charge in [0.25, 0.3) is 0 Å². The van der Waals surface area contributed by atoms with Gasteiger partial charge in [-0.25, -0.2) is 4.98 Å². The van der Waals surface area contributed by atoms with Gasteiger partial charge in [-0.2, -0.15) is 0 Å². The van der Waals surface area contributed by atoms with Crippen LogP contribution in [-0.2, 0) is 0 Å². The molecule has 1 heterocycles. The molecule has 1 aromatic heterocycles. The first kappa shape index (κ1) is 34.4. The van der Waals surface area contributed by atoms with Gasteiger partial charge in [0.2, 0.25) is 0 Å². The smallest absolute Gasteiger partial charge is 0.145 e. The van der Waals surface area contributed by atoms with E-state index >= 15 is 0 Å². The maximum atomic E-state index is 5.29. The molecule has 10 aromatic carbocycles. The second-order valence-corrected chi connectivity index (χ2v) is 15.1. The Bertz CT molecular complexity index is 3280. The molecule has 11 rings (SSSR count). The summed E-state index contributed by atoms with van der Waals surface area (Å²) in [5.74, 6) is 0.929. The number of benzene rings is 10. The van der Waals surface area contributed by atoms with Crippen molar-refractivity contribution in [1.29, 1.82) is 0 Å². The van der Waals surface area contributed by atoms with Gasteiger partial charge < -0.3 is 0 Å². The largest absolute Gasteiger partial charge is 0.292 e. The minimum Gasteiger partial charge on any atom is -0.292 e. The molecule has 0 bridgehead atoms. The molecular formula is C57H38N2. The second kappa shape index (κ2) is 14.6. The molecule has 0 saturated heterocycles. The molecule has 0 amide bonds. The van der Waals surface area contributed by atoms with Crippen LogP contribution in [0.5, 0.6) is 0 Å². The fourth-order valence-electron chi connectivity index (χ4n) is 8.89. The number of rotatable bonds is 7. The number of para-hydroxylation sites is 1. The van der Waals surface area contributed by atoms with E-state index in [1.165, 1.54) is 66.1 Å². The zero-order valence-corrected chi connectivity index (χ0v) is 32.3. The molecule has 0 saturated carbocycles. The Morgan fingerprint density at radius 2 is 0.712 bits per heavy atom. The summed E-state index contributed by atoms with van der Waals surface area (Å²) in [4.78, 5) is 5.29. The third-order valence-corrected chi connectivity index (χ3v) is 11.6. The van der Waals surface area contributed by atoms with Gasteiger partial charge in [0.1, 0.15) is 5.82 Å². The van der Waals surface area contributed by atoms with Gasteiger partial charge in [-0.1, -0.05) is 194 Å². The van der Waals surface area contributed by atoms with Crippen molar-refractivity contribution in [1.82, 2.24) is 9.55 Å². The van der Waals surface area contributed by atoms with Crippen LogP contribution in [-0.4, -0.2) is 9.55 Å². The van der Waals surface area contributed by atoms with E-state index in [4.69, 9.17) is 4.98 Å². The first-order valence-electron chi connectivity index (χ1n) is 20.2. The summed E-state index contributed by atoms with van der Waals surface area (Å²) in [6, 6.07) is 83.1. The highest BCUT2D eigenvalue weighted by molar-refractivity contribution is 6.22. The van der Waals surface area contributed by atoms with E-state index in [9.17, 15) is 0 Å². The molecular weight excluding hydrogens is 713 g/mol. The van der Waals surface area contributed by atoms with Crippen LogP contribution in [0.25, 0.3) is 105 Å². The predicted molar refractivity (Wildman–Crippen MR) is 249 cm³/mol. The van der Waals surface area contributed by atoms with Crippen molar-refractivity contribution >= 4 is 32.6 Å². The molecule has 2 nitrogen and oxygen atoms in total. The maximum absolute atomic E-state index is 5.29. The van der Waals surface area contributed by atoms with E-state index < -0.39 is 0 Å². The lowest BCUT2D eigenvalue weighted by Crippen LogP contribution is -1.97. The highest BCUT2D eigenvalue weighted by Gasteiger charge is 2.20. The summed E-state index contributed by atoms with van der Waals surface area (Å²) in [5.41, 5.74) is 16.2. The molecule has 0 unspecified atom stereocenters. The summed E-state index contributed by atoms with van der Waals surface area (Å²) in [6.07, 6.45) is 0. The zero-order valence-electron chi connectivity index (χ0n) is 32.3. The molecule has 0 spiro atoms. The average Bonchev–Trinajstić information content (AvgIpc) is 3.71. The lowest BCUT2D eigenvalue weighted by molar-refractivity contribution is 1.10. The molecule has 0 atom stereocenters. The second-order valence-electron chi connectivity index (χ2n) is 15.1. The molecule has 0 fully saturated rings. The number of hydrogen-bond donors (Lipinski definition) is 0. The molecule has 0 aliphatic rings. The minimum absolute atomic E-state index is 0.929. The van der Waals surface area contributed by atoms with Gasteiger partial charge in [-0.05, 0) is 114 Å². The van der Waals surface area contributed by atoms with Crippen LogP contribution < -0.4 is 0 Å². The van der Waals surface area contributed by atoms with Gasteiger partial charge in [0, 0.05) is 11.3 Å². The van der Waals surface area contributed by atoms with Crippen molar-refractivity contribution in [3.8, 4) is 72.7 Å². The quantitative estimate of drug-likeness (QED) is 0.148. The summed E-state index contributed by atoms with van der Waals surface area (Å²) >= 11 is 0. The Morgan fingerprint density at radius 3 is 1.29 bits per heavy atom. The molecule has 0 aliphatic carbocycles. The van der Waals surface area contributed by atoms with E-state index in [1.54, 1.807) is 0 Å². The lowest BCUT2D eigenvalue weighted by Gasteiger charge is -2.20. The molecule has 0 radical (unpaired) electrons. The molecule has 11 aromatic rings. The normalized spacial score (nSPS) is 11.4. The number of imidazole rings is 1. The van der Waals surface area contributed by atoms with Gasteiger partial charge in [-0.15, -0.1) is 0 Å². The molecule has 59 heavy (non-hydrogen) atoms. The Balaban J connectivity index is 1.16. The van der Waals surface area contributed by atoms with Gasteiger partial charge in [0.05, 0.1) is 11.0 Å². The van der Waals surface area contributed by atoms with Crippen LogP contribution in [0.3, 0.4) is 0 Å². The summed E-state index contributed by atoms with van der Waals surface area (Å²) < 4.78 is 2.27. The number of fused-ring (bicyclic) bond motifs is 3. The van der Waals surface area contributed by atoms with Crippen LogP contribution in [0.2, 0.25) is 0 Å². The van der Waals surface area contributed by atoms with Crippen molar-refractivity contribution in [2.24, 2.45) is 0 Å². The van der Waals surface area contributed by atoms with Crippen molar-refractivity contribution < 1.29 is 0 Å². The van der Waals surface area contributed by atoms with Crippen LogP contribution >= 0.6 is 0 Å². The Labute approximate surface area is 344 Å². The monoisotopic (exact) mass is 750 g/mol. The molecule has 0 N–H and O–H groups in total. The average molecular weight is 751 g/mol. The van der Waals surface area contributed by atoms with E-state index in [0.717, 1.165) is 39.2 Å². The Morgan fingerprint density at radius 1 is 0.288 bits per heavy atom. The summed E-state index contributed by atoms with van der Waals surface area (Å²) in [5, 5.41) is 4.90. The Hall–Kier alpha value is -7.81. The SMILES string of the molecule is c1ccc(-c2ccccc2-c2ccc3c(-c4ccccc4)c4cc(-c5ccc6c(c5)nc(-c5ccccc5)n6-c5ccccc5)ccc4c(-c4ccccc4)c3c2)cc1. The maximum Gasteiger partial charge on any atom is 0.145 e. The fraction of sp³-hybridized carbons (Fsp3) is 0. The molecule has 2 heteroatoms. The van der Waals surface area contributed by atoms with Crippen LogP contribution in [0, 0.1) is 0 Å². The Kier molecular flexibility index (Phi) is 8.52. The van der Waals surface area contributed by atoms with Crippen molar-refractivity contribution in [2.45, 2.75) is 0 Å². The van der Waals surface area contributed by atoms with Crippen molar-refractivity contribution in [3.05, 3.63) is 231 Å². The van der Waals surface area contributed by atoms with Crippen LogP contribution in [0.15, 0.2) is 231 Å². The number of nitrogens with zero attached hydrogens (tertiary/aromatic N) is 2. The highest BCUT2D eigenvalue weighted by Crippen LogP contribution is 2.47. The van der Waals surface area contributed by atoms with E-state index in [2.05, 4.69) is 235 Å². The van der Waals surface area contributed by atoms with E-state index in [0.29, 0.717) is 0 Å². The molecule has 0 aliphatic heterocycles. The first-order chi connectivity index (χ1) is 29.3. The fourth-order valence-corrected chi connectivity index (χ4v) is 8.89. The van der Waals surface area contributed by atoms with Crippen LogP contribution in [0.4, 0.5) is 0 Å². The third-order valence-electron chi connectivity index (χ3n) is 11.6. The predicted octanol–water partition coefficient (Wildman–Crippen LogP) is 15.3. The summed E-state index contributed by atoms with van der Waals surface area (Å²) in [6.45, 7) is 0. The number of aromatic nitrogens is 2. The van der Waals surface area contributed by atoms with Crippen molar-refractivity contribution in [2.75, 3.05) is 0 Å². The molecule has 276 valence electrons. The summed E-state index contributed by atoms with van der Waals surface area (Å²) in [7, 11) is 0. The zero-order chi connectivity index (χ0) is 39.1. The minimum atomic E-state index is 0.929. The van der Waals surface area contributed by atoms with E-state index in [1.807, 2.05) is 0 Å². The lowest BCUT2D eigenvalue weighted by atomic mass is 9.83. The first-order valence-corrected chi connectivity index (χ1v) is 20.2. The van der Waals surface area contributed by atoms with Crippen molar-refractivity contribution in [3.63, 3.8) is 0 Å². The highest BCUT2D eigenvalue weighted by atomic mass is 15.1. The van der Waals surface area contributed by atoms with Gasteiger partial charge in [0.15, 0.2) is 0 Å². The van der Waals surface area contributed by atoms with Crippen LogP contribution in [0.1, 0.15) is 0 Å². The topological polar surface area (TPSA) is 17.8 Å². The standard InChI is InChI=1S/C57H38N2/c1-6-18-39(19-7-1)47-28-16-17-29-48(47)45-31-34-50-52(37-45)56(41-22-10-3-11-23-41)49-33-30-43(36-51(49)55(50)40-20-8-2-9-21-40)44-32-35-54-53(38-44)58-57(42-24-12-4-13-25-42)59(54)46-26-14-5-15-27-46/h1-38H. The van der Waals surface area contributed by atoms with E-state index in [-0.39, 0.29) is 0 Å². The third kappa shape index (κ3) is 6.10.